The number of hydrogen-bond acceptors (Lipinski definition) is 6. The van der Waals surface area contributed by atoms with Crippen molar-refractivity contribution in [2.24, 2.45) is 5.73 Å². The van der Waals surface area contributed by atoms with E-state index in [0.29, 0.717) is 16.8 Å². The Balaban J connectivity index is 1.80. The van der Waals surface area contributed by atoms with Crippen molar-refractivity contribution in [3.8, 4) is 6.07 Å². The molecule has 10 heteroatoms. The predicted molar refractivity (Wildman–Crippen MR) is 153 cm³/mol. The van der Waals surface area contributed by atoms with Crippen molar-refractivity contribution in [1.29, 1.82) is 5.26 Å². The average Bonchev–Trinajstić information content (AvgIpc) is 3.23. The summed E-state index contributed by atoms with van der Waals surface area (Å²) in [7, 11) is 0. The van der Waals surface area contributed by atoms with Gasteiger partial charge in [-0.25, -0.2) is 4.79 Å². The lowest BCUT2D eigenvalue weighted by Crippen LogP contribution is -2.42. The summed E-state index contributed by atoms with van der Waals surface area (Å²) in [6, 6.07) is 22.6. The molecular weight excluding hydrogens is 508 g/mol. The molecular formula is C30H30N6O4. The number of carbonyl (C=O) groups is 3. The van der Waals surface area contributed by atoms with Crippen LogP contribution in [0.1, 0.15) is 29.8 Å². The number of ketones is 1. The van der Waals surface area contributed by atoms with Crippen LogP contribution in [0, 0.1) is 11.3 Å². The Hall–Kier alpha value is -5.17. The summed E-state index contributed by atoms with van der Waals surface area (Å²) >= 11 is 0. The SMILES string of the molecule is CCN(CC)c1ccc(N(CC(N)=O)C(=O)Cn2c(=O)n(CC#N)c3cccc(C(=O)c4ccccc4)c32)cc1. The number of para-hydroxylation sites is 1. The van der Waals surface area contributed by atoms with Gasteiger partial charge in [0.2, 0.25) is 11.8 Å². The van der Waals surface area contributed by atoms with Crippen LogP contribution < -0.4 is 21.2 Å². The third-order valence-corrected chi connectivity index (χ3v) is 6.75. The number of amides is 2. The number of nitrogens with zero attached hydrogens (tertiary/aromatic N) is 5. The molecule has 204 valence electrons. The zero-order chi connectivity index (χ0) is 28.8. The van der Waals surface area contributed by atoms with Gasteiger partial charge in [-0.3, -0.25) is 23.5 Å². The maximum Gasteiger partial charge on any atom is 0.330 e. The maximum atomic E-state index is 13.7. The number of aromatic nitrogens is 2. The molecule has 0 radical (unpaired) electrons. The molecule has 10 nitrogen and oxygen atoms in total. The van der Waals surface area contributed by atoms with Gasteiger partial charge in [0.25, 0.3) is 0 Å². The number of imidazole rings is 1. The van der Waals surface area contributed by atoms with Crippen LogP contribution in [0.4, 0.5) is 11.4 Å². The Labute approximate surface area is 231 Å². The van der Waals surface area contributed by atoms with Crippen molar-refractivity contribution in [3.05, 3.63) is 94.4 Å². The summed E-state index contributed by atoms with van der Waals surface area (Å²) in [6.45, 7) is 4.55. The van der Waals surface area contributed by atoms with Crippen molar-refractivity contribution < 1.29 is 14.4 Å². The van der Waals surface area contributed by atoms with Crippen LogP contribution in [0.2, 0.25) is 0 Å². The third kappa shape index (κ3) is 5.49. The standard InChI is InChI=1S/C30H30N6O4/c1-3-33(4-2)22-13-15-23(16-14-22)35(19-26(32)37)27(38)20-36-28-24(29(39)21-9-6-5-7-10-21)11-8-12-25(28)34(18-17-31)30(36)40/h5-16H,3-4,18-20H2,1-2H3,(H2,32,37). The highest BCUT2D eigenvalue weighted by atomic mass is 16.2. The minimum absolute atomic E-state index is 0.218. The topological polar surface area (TPSA) is 134 Å². The monoisotopic (exact) mass is 538 g/mol. The Kier molecular flexibility index (Phi) is 8.45. The van der Waals surface area contributed by atoms with Gasteiger partial charge in [0.1, 0.15) is 19.6 Å². The van der Waals surface area contributed by atoms with E-state index in [-0.39, 0.29) is 23.4 Å². The number of carbonyl (C=O) groups excluding carboxylic acids is 3. The summed E-state index contributed by atoms with van der Waals surface area (Å²) in [5.41, 5.74) is 7.48. The molecule has 0 aliphatic rings. The summed E-state index contributed by atoms with van der Waals surface area (Å²) in [4.78, 5) is 55.9. The summed E-state index contributed by atoms with van der Waals surface area (Å²) < 4.78 is 2.41. The largest absolute Gasteiger partial charge is 0.372 e. The van der Waals surface area contributed by atoms with Gasteiger partial charge in [-0.1, -0.05) is 36.4 Å². The molecule has 3 aromatic carbocycles. The van der Waals surface area contributed by atoms with E-state index >= 15 is 0 Å². The number of hydrogen-bond donors (Lipinski definition) is 1. The molecule has 0 fully saturated rings. The molecule has 1 aromatic heterocycles. The van der Waals surface area contributed by atoms with E-state index in [0.717, 1.165) is 18.8 Å². The van der Waals surface area contributed by atoms with Crippen molar-refractivity contribution in [2.75, 3.05) is 29.4 Å². The minimum atomic E-state index is -0.722. The normalized spacial score (nSPS) is 10.7. The smallest absolute Gasteiger partial charge is 0.330 e. The van der Waals surface area contributed by atoms with Gasteiger partial charge in [0, 0.05) is 35.6 Å². The van der Waals surface area contributed by atoms with E-state index in [1.54, 1.807) is 60.7 Å². The fourth-order valence-electron chi connectivity index (χ4n) is 4.81. The number of primary amides is 1. The molecule has 0 spiro atoms. The van der Waals surface area contributed by atoms with Crippen LogP contribution in [0.5, 0.6) is 0 Å². The Morgan fingerprint density at radius 2 is 1.52 bits per heavy atom. The third-order valence-electron chi connectivity index (χ3n) is 6.75. The molecule has 4 rings (SSSR count). The molecule has 1 heterocycles. The molecule has 0 aliphatic carbocycles. The number of benzene rings is 3. The zero-order valence-electron chi connectivity index (χ0n) is 22.4. The molecule has 0 atom stereocenters. The molecule has 0 saturated heterocycles. The molecule has 4 aromatic rings. The lowest BCUT2D eigenvalue weighted by Gasteiger charge is -2.24. The number of nitriles is 1. The van der Waals surface area contributed by atoms with E-state index in [1.165, 1.54) is 14.0 Å². The molecule has 0 saturated carbocycles. The van der Waals surface area contributed by atoms with Crippen LogP contribution in [0.15, 0.2) is 77.6 Å². The number of anilines is 2. The number of fused-ring (bicyclic) bond motifs is 1. The Bertz CT molecular complexity index is 1640. The van der Waals surface area contributed by atoms with E-state index < -0.39 is 30.6 Å². The van der Waals surface area contributed by atoms with Gasteiger partial charge >= 0.3 is 5.69 Å². The Morgan fingerprint density at radius 1 is 0.875 bits per heavy atom. The van der Waals surface area contributed by atoms with Crippen molar-refractivity contribution in [1.82, 2.24) is 9.13 Å². The van der Waals surface area contributed by atoms with Crippen LogP contribution in [0.3, 0.4) is 0 Å². The number of nitrogens with two attached hydrogens (primary N) is 1. The van der Waals surface area contributed by atoms with E-state index in [9.17, 15) is 24.4 Å². The molecule has 0 unspecified atom stereocenters. The first-order valence-corrected chi connectivity index (χ1v) is 12.9. The summed E-state index contributed by atoms with van der Waals surface area (Å²) in [6.07, 6.45) is 0. The first kappa shape index (κ1) is 27.9. The molecule has 0 aliphatic heterocycles. The highest BCUT2D eigenvalue weighted by molar-refractivity contribution is 6.15. The average molecular weight is 539 g/mol. The summed E-state index contributed by atoms with van der Waals surface area (Å²) in [5, 5.41) is 9.37. The van der Waals surface area contributed by atoms with Crippen LogP contribution >= 0.6 is 0 Å². The maximum absolute atomic E-state index is 13.7. The molecule has 2 amide bonds. The van der Waals surface area contributed by atoms with Crippen LogP contribution in [-0.2, 0) is 22.7 Å². The molecule has 0 bridgehead atoms. The first-order valence-electron chi connectivity index (χ1n) is 12.9. The first-order chi connectivity index (χ1) is 19.3. The van der Waals surface area contributed by atoms with Crippen LogP contribution in [-0.4, -0.2) is 46.4 Å². The van der Waals surface area contributed by atoms with E-state index in [4.69, 9.17) is 5.73 Å². The summed E-state index contributed by atoms with van der Waals surface area (Å²) in [5.74, 6) is -1.63. The second-order valence-corrected chi connectivity index (χ2v) is 9.12. The zero-order valence-corrected chi connectivity index (χ0v) is 22.4. The molecule has 40 heavy (non-hydrogen) atoms. The highest BCUT2D eigenvalue weighted by Gasteiger charge is 2.25. The fourth-order valence-corrected chi connectivity index (χ4v) is 4.81. The van der Waals surface area contributed by atoms with Gasteiger partial charge in [-0.15, -0.1) is 0 Å². The van der Waals surface area contributed by atoms with Gasteiger partial charge < -0.3 is 15.5 Å². The van der Waals surface area contributed by atoms with Crippen molar-refractivity contribution in [2.45, 2.75) is 26.9 Å². The highest BCUT2D eigenvalue weighted by Crippen LogP contribution is 2.24. The van der Waals surface area contributed by atoms with E-state index in [1.807, 2.05) is 32.0 Å². The van der Waals surface area contributed by atoms with Gasteiger partial charge in [0.15, 0.2) is 5.78 Å². The quantitative estimate of drug-likeness (QED) is 0.292. The lowest BCUT2D eigenvalue weighted by atomic mass is 10.0. The Morgan fingerprint density at radius 3 is 2.12 bits per heavy atom. The second kappa shape index (κ2) is 12.1. The fraction of sp³-hybridized carbons (Fsp3) is 0.233. The van der Waals surface area contributed by atoms with Crippen LogP contribution in [0.25, 0.3) is 11.0 Å². The predicted octanol–water partition coefficient (Wildman–Crippen LogP) is 2.92. The van der Waals surface area contributed by atoms with Gasteiger partial charge in [-0.2, -0.15) is 5.26 Å². The van der Waals surface area contributed by atoms with Gasteiger partial charge in [-0.05, 0) is 50.2 Å². The van der Waals surface area contributed by atoms with E-state index in [2.05, 4.69) is 4.90 Å². The second-order valence-electron chi connectivity index (χ2n) is 9.12. The van der Waals surface area contributed by atoms with Gasteiger partial charge in [0.05, 0.1) is 17.1 Å². The van der Waals surface area contributed by atoms with Crippen molar-refractivity contribution >= 4 is 40.0 Å². The lowest BCUT2D eigenvalue weighted by molar-refractivity contribution is -0.122. The minimum Gasteiger partial charge on any atom is -0.372 e. The molecule has 2 N–H and O–H groups in total. The number of rotatable bonds is 11. The van der Waals surface area contributed by atoms with Crippen molar-refractivity contribution in [3.63, 3.8) is 0 Å².